The molecule has 6 atom stereocenters. The molecule has 0 aromatic rings. The van der Waals surface area contributed by atoms with Crippen molar-refractivity contribution in [3.05, 3.63) is 0 Å². The summed E-state index contributed by atoms with van der Waals surface area (Å²) in [5, 5.41) is 18.3. The average molecular weight is 362 g/mol. The van der Waals surface area contributed by atoms with Crippen molar-refractivity contribution < 1.29 is 0 Å². The van der Waals surface area contributed by atoms with Crippen molar-refractivity contribution in [3.63, 3.8) is 0 Å². The molecule has 6 heteroatoms. The van der Waals surface area contributed by atoms with Gasteiger partial charge in [-0.1, -0.05) is 31.9 Å². The molecule has 2 saturated carbocycles. The van der Waals surface area contributed by atoms with Gasteiger partial charge in [-0.15, -0.1) is 0 Å². The van der Waals surface area contributed by atoms with Crippen LogP contribution in [0.15, 0.2) is 20.5 Å². The molecule has 0 saturated heterocycles. The van der Waals surface area contributed by atoms with E-state index in [1.165, 1.54) is 0 Å². The number of alkyl halides is 2. The Kier molecular flexibility index (Phi) is 1.74. The summed E-state index contributed by atoms with van der Waals surface area (Å²) in [6.07, 6.45) is 2.92. The van der Waals surface area contributed by atoms with Crippen LogP contribution in [-0.2, 0) is 0 Å². The zero-order valence-corrected chi connectivity index (χ0v) is 13.0. The summed E-state index contributed by atoms with van der Waals surface area (Å²) in [6.45, 7) is 4.42. The van der Waals surface area contributed by atoms with Crippen LogP contribution in [0.4, 0.5) is 0 Å². The number of hydrogen-bond acceptors (Lipinski definition) is 4. The number of halogens is 2. The summed E-state index contributed by atoms with van der Waals surface area (Å²) in [7, 11) is 0. The maximum Gasteiger partial charge on any atom is 0.143 e. The molecule has 0 radical (unpaired) electrons. The van der Waals surface area contributed by atoms with Crippen molar-refractivity contribution in [2.45, 2.75) is 53.1 Å². The van der Waals surface area contributed by atoms with E-state index in [2.05, 4.69) is 66.2 Å². The van der Waals surface area contributed by atoms with E-state index in [0.717, 1.165) is 19.3 Å². The SMILES string of the molecule is C[C@]12C[C@@]3(Br)N=N[C@@]4(C)C[C@](Br)(N=N1)[C@H]2C[C@H]34. The van der Waals surface area contributed by atoms with Gasteiger partial charge in [-0.3, -0.25) is 0 Å². The lowest BCUT2D eigenvalue weighted by molar-refractivity contribution is 0.0493. The molecule has 4 aliphatic rings. The van der Waals surface area contributed by atoms with Crippen LogP contribution in [0, 0.1) is 11.8 Å². The Bertz CT molecular complexity index is 402. The molecule has 2 heterocycles. The summed E-state index contributed by atoms with van der Waals surface area (Å²) in [5.74, 6) is 0.976. The van der Waals surface area contributed by atoms with Crippen LogP contribution < -0.4 is 0 Å². The number of nitrogens with zero attached hydrogens (tertiary/aromatic N) is 4. The van der Waals surface area contributed by atoms with Crippen LogP contribution in [0.25, 0.3) is 0 Å². The van der Waals surface area contributed by atoms with Gasteiger partial charge in [-0.2, -0.15) is 20.5 Å². The van der Waals surface area contributed by atoms with Crippen molar-refractivity contribution in [1.82, 2.24) is 0 Å². The maximum absolute atomic E-state index is 4.58. The van der Waals surface area contributed by atoms with Crippen molar-refractivity contribution in [2.24, 2.45) is 32.3 Å². The molecule has 4 nitrogen and oxygen atoms in total. The predicted molar refractivity (Wildman–Crippen MR) is 70.7 cm³/mol. The van der Waals surface area contributed by atoms with Crippen LogP contribution in [-0.4, -0.2) is 20.0 Å². The lowest BCUT2D eigenvalue weighted by Crippen LogP contribution is -2.61. The molecule has 2 bridgehead atoms. The fraction of sp³-hybridized carbons (Fsp3) is 1.00. The first-order valence-corrected chi connectivity index (χ1v) is 7.64. The minimum Gasteiger partial charge on any atom is -0.186 e. The second-order valence-corrected chi connectivity index (χ2v) is 9.19. The standard InChI is InChI=1S/C11H14Br2N4/c1-8-4-10(12)7-3-6(8)11(13,16-14-8)5-9(7,2)15-17-10/h6-7H,3-5H2,1-2H3/t6-,7-,8-,9+,10-,11+/m0/s1. The predicted octanol–water partition coefficient (Wildman–Crippen LogP) is 4.05. The molecule has 4 rings (SSSR count). The van der Waals surface area contributed by atoms with Crippen molar-refractivity contribution in [3.8, 4) is 0 Å². The Morgan fingerprint density at radius 3 is 1.65 bits per heavy atom. The van der Waals surface area contributed by atoms with Gasteiger partial charge in [0.1, 0.15) is 8.90 Å². The largest absolute Gasteiger partial charge is 0.186 e. The first-order chi connectivity index (χ1) is 7.80. The highest BCUT2D eigenvalue weighted by Gasteiger charge is 2.72. The Labute approximate surface area is 117 Å². The van der Waals surface area contributed by atoms with Crippen molar-refractivity contribution in [2.75, 3.05) is 0 Å². The fourth-order valence-corrected chi connectivity index (χ4v) is 7.02. The molecule has 17 heavy (non-hydrogen) atoms. The Balaban J connectivity index is 1.93. The Hall–Kier alpha value is 0.160. The monoisotopic (exact) mass is 360 g/mol. The third-order valence-electron chi connectivity index (χ3n) is 5.14. The second-order valence-electron chi connectivity index (χ2n) is 6.45. The molecule has 0 aromatic heterocycles. The molecular formula is C11H14Br2N4. The molecule has 0 amide bonds. The van der Waals surface area contributed by atoms with E-state index >= 15 is 0 Å². The first-order valence-electron chi connectivity index (χ1n) is 6.06. The van der Waals surface area contributed by atoms with Crippen LogP contribution in [0.5, 0.6) is 0 Å². The maximum atomic E-state index is 4.58. The quantitative estimate of drug-likeness (QED) is 0.461. The van der Waals surface area contributed by atoms with E-state index < -0.39 is 0 Å². The zero-order chi connectivity index (χ0) is 12.1. The minimum atomic E-state index is -0.204. The van der Waals surface area contributed by atoms with Gasteiger partial charge in [0.05, 0.1) is 11.1 Å². The van der Waals surface area contributed by atoms with E-state index in [9.17, 15) is 0 Å². The Morgan fingerprint density at radius 2 is 1.24 bits per heavy atom. The average Bonchev–Trinajstić information content (AvgIpc) is 2.62. The molecule has 92 valence electrons. The summed E-state index contributed by atoms with van der Waals surface area (Å²) in [6, 6.07) is 0. The van der Waals surface area contributed by atoms with Gasteiger partial charge in [-0.25, -0.2) is 0 Å². The van der Waals surface area contributed by atoms with Gasteiger partial charge in [0, 0.05) is 24.7 Å². The van der Waals surface area contributed by atoms with Crippen LogP contribution in [0.1, 0.15) is 33.1 Å². The molecule has 2 aliphatic heterocycles. The van der Waals surface area contributed by atoms with E-state index in [1.54, 1.807) is 0 Å². The van der Waals surface area contributed by atoms with Gasteiger partial charge in [0.2, 0.25) is 0 Å². The lowest BCUT2D eigenvalue weighted by atomic mass is 9.56. The smallest absolute Gasteiger partial charge is 0.143 e. The highest BCUT2D eigenvalue weighted by molar-refractivity contribution is 9.10. The van der Waals surface area contributed by atoms with Crippen molar-refractivity contribution in [1.29, 1.82) is 0 Å². The van der Waals surface area contributed by atoms with E-state index in [-0.39, 0.29) is 20.0 Å². The van der Waals surface area contributed by atoms with Gasteiger partial charge < -0.3 is 0 Å². The van der Waals surface area contributed by atoms with Crippen LogP contribution >= 0.6 is 31.9 Å². The zero-order valence-electron chi connectivity index (χ0n) is 9.82. The Morgan fingerprint density at radius 1 is 0.824 bits per heavy atom. The third-order valence-corrected chi connectivity index (χ3v) is 7.12. The lowest BCUT2D eigenvalue weighted by Gasteiger charge is -2.53. The van der Waals surface area contributed by atoms with Gasteiger partial charge in [0.25, 0.3) is 0 Å². The number of azo groups is 2. The normalized spacial score (nSPS) is 66.6. The summed E-state index contributed by atoms with van der Waals surface area (Å²) < 4.78 is -0.407. The molecule has 0 aromatic carbocycles. The summed E-state index contributed by atoms with van der Waals surface area (Å²) in [5.41, 5.74) is -0.178. The molecule has 0 unspecified atom stereocenters. The molecule has 2 aliphatic carbocycles. The summed E-state index contributed by atoms with van der Waals surface area (Å²) in [4.78, 5) is 0. The minimum absolute atomic E-state index is 0.0891. The van der Waals surface area contributed by atoms with E-state index in [1.807, 2.05) is 0 Å². The number of hydrogen-bond donors (Lipinski definition) is 0. The van der Waals surface area contributed by atoms with Gasteiger partial charge in [-0.05, 0) is 20.3 Å². The number of rotatable bonds is 0. The molecule has 0 N–H and O–H groups in total. The van der Waals surface area contributed by atoms with Crippen LogP contribution in [0.2, 0.25) is 0 Å². The molecule has 0 spiro atoms. The topological polar surface area (TPSA) is 49.4 Å². The molecule has 2 fully saturated rings. The first kappa shape index (κ1) is 11.0. The van der Waals surface area contributed by atoms with Crippen molar-refractivity contribution >= 4 is 31.9 Å². The second kappa shape index (κ2) is 2.69. The van der Waals surface area contributed by atoms with Gasteiger partial charge >= 0.3 is 0 Å². The van der Waals surface area contributed by atoms with Crippen LogP contribution in [0.3, 0.4) is 0 Å². The highest BCUT2D eigenvalue weighted by Crippen LogP contribution is 2.69. The van der Waals surface area contributed by atoms with Gasteiger partial charge in [0.15, 0.2) is 0 Å². The van der Waals surface area contributed by atoms with E-state index in [0.29, 0.717) is 11.8 Å². The summed E-state index contributed by atoms with van der Waals surface area (Å²) >= 11 is 7.67. The van der Waals surface area contributed by atoms with E-state index in [4.69, 9.17) is 0 Å². The highest BCUT2D eigenvalue weighted by atomic mass is 79.9. The molecular weight excluding hydrogens is 348 g/mol. The third kappa shape index (κ3) is 1.10. The fourth-order valence-electron chi connectivity index (χ4n) is 4.37.